The Kier molecular flexibility index (Phi) is 6.57. The molecule has 2 aliphatic heterocycles. The van der Waals surface area contributed by atoms with E-state index >= 15 is 0 Å². The van der Waals surface area contributed by atoms with Gasteiger partial charge in [-0.1, -0.05) is 11.6 Å². The van der Waals surface area contributed by atoms with Crippen LogP contribution in [0.2, 0.25) is 5.02 Å². The molecular formula is C23H27ClN2O3. The minimum absolute atomic E-state index is 0.0945. The van der Waals surface area contributed by atoms with Crippen molar-refractivity contribution in [3.05, 3.63) is 53.1 Å². The highest BCUT2D eigenvalue weighted by Gasteiger charge is 2.21. The molecule has 154 valence electrons. The second-order valence-electron chi connectivity index (χ2n) is 7.68. The fourth-order valence-corrected chi connectivity index (χ4v) is 4.01. The van der Waals surface area contributed by atoms with Gasteiger partial charge in [0.1, 0.15) is 17.6 Å². The van der Waals surface area contributed by atoms with E-state index in [0.29, 0.717) is 13.0 Å². The number of fused-ring (bicyclic) bond motifs is 1. The Morgan fingerprint density at radius 3 is 2.59 bits per heavy atom. The lowest BCUT2D eigenvalue weighted by Gasteiger charge is -2.32. The van der Waals surface area contributed by atoms with Gasteiger partial charge in [0.15, 0.2) is 0 Å². The molecule has 0 unspecified atom stereocenters. The quantitative estimate of drug-likeness (QED) is 0.676. The summed E-state index contributed by atoms with van der Waals surface area (Å²) >= 11 is 5.89. The van der Waals surface area contributed by atoms with E-state index in [0.717, 1.165) is 67.5 Å². The molecule has 0 spiro atoms. The summed E-state index contributed by atoms with van der Waals surface area (Å²) < 4.78 is 12.0. The number of likely N-dealkylation sites (tertiary alicyclic amines) is 1. The maximum atomic E-state index is 11.5. The topological polar surface area (TPSA) is 50.8 Å². The van der Waals surface area contributed by atoms with Crippen LogP contribution in [0.1, 0.15) is 31.2 Å². The van der Waals surface area contributed by atoms with Gasteiger partial charge in [-0.3, -0.25) is 4.79 Å². The Morgan fingerprint density at radius 1 is 1.03 bits per heavy atom. The largest absolute Gasteiger partial charge is 0.494 e. The average molecular weight is 415 g/mol. The number of carbonyl (C=O) groups is 1. The van der Waals surface area contributed by atoms with Crippen LogP contribution in [0, 0.1) is 0 Å². The molecule has 1 amide bonds. The summed E-state index contributed by atoms with van der Waals surface area (Å²) in [6.07, 6.45) is 4.67. The summed E-state index contributed by atoms with van der Waals surface area (Å²) in [6, 6.07) is 13.5. The zero-order valence-electron chi connectivity index (χ0n) is 16.5. The first kappa shape index (κ1) is 20.0. The van der Waals surface area contributed by atoms with Gasteiger partial charge in [-0.2, -0.15) is 0 Å². The number of amides is 1. The van der Waals surface area contributed by atoms with Crippen LogP contribution >= 0.6 is 11.6 Å². The normalized spacial score (nSPS) is 17.5. The van der Waals surface area contributed by atoms with E-state index in [4.69, 9.17) is 21.1 Å². The Bertz CT molecular complexity index is 833. The van der Waals surface area contributed by atoms with Gasteiger partial charge in [0.05, 0.1) is 6.61 Å². The lowest BCUT2D eigenvalue weighted by Crippen LogP contribution is -2.39. The van der Waals surface area contributed by atoms with Crippen LogP contribution in [-0.4, -0.2) is 43.2 Å². The molecule has 0 atom stereocenters. The van der Waals surface area contributed by atoms with Crippen LogP contribution in [0.4, 0.5) is 5.69 Å². The summed E-state index contributed by atoms with van der Waals surface area (Å²) in [5, 5.41) is 3.64. The zero-order valence-corrected chi connectivity index (χ0v) is 17.3. The molecular weight excluding hydrogens is 388 g/mol. The van der Waals surface area contributed by atoms with Gasteiger partial charge < -0.3 is 19.7 Å². The summed E-state index contributed by atoms with van der Waals surface area (Å²) in [5.41, 5.74) is 2.09. The molecule has 0 aromatic heterocycles. The van der Waals surface area contributed by atoms with E-state index < -0.39 is 0 Å². The van der Waals surface area contributed by atoms with Crippen LogP contribution in [0.5, 0.6) is 11.5 Å². The van der Waals surface area contributed by atoms with Gasteiger partial charge in [0, 0.05) is 36.8 Å². The highest BCUT2D eigenvalue weighted by atomic mass is 35.5. The molecule has 0 bridgehead atoms. The molecule has 0 saturated carbocycles. The van der Waals surface area contributed by atoms with Crippen molar-refractivity contribution in [3.8, 4) is 11.5 Å². The number of carbonyl (C=O) groups excluding carboxylic acids is 1. The van der Waals surface area contributed by atoms with Crippen molar-refractivity contribution in [2.24, 2.45) is 0 Å². The third kappa shape index (κ3) is 5.64. The fraction of sp³-hybridized carbons (Fsp3) is 0.435. The molecule has 29 heavy (non-hydrogen) atoms. The Morgan fingerprint density at radius 2 is 1.79 bits per heavy atom. The lowest BCUT2D eigenvalue weighted by molar-refractivity contribution is -0.116. The van der Waals surface area contributed by atoms with Crippen molar-refractivity contribution in [1.82, 2.24) is 4.90 Å². The zero-order chi connectivity index (χ0) is 20.1. The third-order valence-corrected chi connectivity index (χ3v) is 5.76. The van der Waals surface area contributed by atoms with Crippen LogP contribution < -0.4 is 14.8 Å². The number of piperidine rings is 1. The maximum absolute atomic E-state index is 11.5. The molecule has 1 saturated heterocycles. The molecule has 1 fully saturated rings. The minimum atomic E-state index is 0.0945. The average Bonchev–Trinajstić information content (AvgIpc) is 2.74. The Hall–Kier alpha value is -2.24. The first-order valence-electron chi connectivity index (χ1n) is 10.4. The van der Waals surface area contributed by atoms with E-state index in [-0.39, 0.29) is 12.0 Å². The van der Waals surface area contributed by atoms with E-state index in [1.54, 1.807) is 0 Å². The third-order valence-electron chi connectivity index (χ3n) is 5.51. The van der Waals surface area contributed by atoms with E-state index in [9.17, 15) is 4.79 Å². The highest BCUT2D eigenvalue weighted by molar-refractivity contribution is 6.30. The fourth-order valence-electron chi connectivity index (χ4n) is 3.89. The van der Waals surface area contributed by atoms with Crippen LogP contribution in [0.3, 0.4) is 0 Å². The van der Waals surface area contributed by atoms with E-state index in [1.807, 2.05) is 36.4 Å². The summed E-state index contributed by atoms with van der Waals surface area (Å²) in [4.78, 5) is 14.0. The number of aryl methyl sites for hydroxylation is 1. The smallest absolute Gasteiger partial charge is 0.224 e. The van der Waals surface area contributed by atoms with Crippen molar-refractivity contribution < 1.29 is 14.3 Å². The summed E-state index contributed by atoms with van der Waals surface area (Å²) in [7, 11) is 0. The number of rotatable bonds is 7. The first-order valence-corrected chi connectivity index (χ1v) is 10.7. The van der Waals surface area contributed by atoms with Crippen LogP contribution in [0.25, 0.3) is 0 Å². The van der Waals surface area contributed by atoms with Gasteiger partial charge >= 0.3 is 0 Å². The number of benzene rings is 2. The van der Waals surface area contributed by atoms with E-state index in [2.05, 4.69) is 16.3 Å². The van der Waals surface area contributed by atoms with Gasteiger partial charge in [-0.25, -0.2) is 0 Å². The number of hydrogen-bond donors (Lipinski definition) is 1. The molecule has 0 aliphatic carbocycles. The second-order valence-corrected chi connectivity index (χ2v) is 8.12. The predicted molar refractivity (Wildman–Crippen MR) is 115 cm³/mol. The van der Waals surface area contributed by atoms with Crippen LogP contribution in [0.15, 0.2) is 42.5 Å². The predicted octanol–water partition coefficient (Wildman–Crippen LogP) is 4.54. The van der Waals surface area contributed by atoms with Gasteiger partial charge in [-0.15, -0.1) is 0 Å². The molecule has 2 aliphatic rings. The molecule has 5 nitrogen and oxygen atoms in total. The minimum Gasteiger partial charge on any atom is -0.494 e. The Labute approximate surface area is 176 Å². The molecule has 2 aromatic carbocycles. The second kappa shape index (κ2) is 9.51. The van der Waals surface area contributed by atoms with Crippen molar-refractivity contribution in [2.75, 3.05) is 31.6 Å². The van der Waals surface area contributed by atoms with Crippen molar-refractivity contribution in [1.29, 1.82) is 0 Å². The molecule has 2 aromatic rings. The monoisotopic (exact) mass is 414 g/mol. The lowest BCUT2D eigenvalue weighted by atomic mass is 10.0. The van der Waals surface area contributed by atoms with Crippen molar-refractivity contribution in [3.63, 3.8) is 0 Å². The first-order chi connectivity index (χ1) is 14.2. The maximum Gasteiger partial charge on any atom is 0.224 e. The van der Waals surface area contributed by atoms with Gasteiger partial charge in [-0.05, 0) is 73.7 Å². The SMILES string of the molecule is O=C1CCc2cc(OC3CCN(CCCOc4ccc(Cl)cc4)CC3)ccc2N1. The van der Waals surface area contributed by atoms with Gasteiger partial charge in [0.25, 0.3) is 0 Å². The van der Waals surface area contributed by atoms with Crippen molar-refractivity contribution in [2.45, 2.75) is 38.2 Å². The summed E-state index contributed by atoms with van der Waals surface area (Å²) in [6.45, 7) is 3.85. The molecule has 1 N–H and O–H groups in total. The number of halogens is 1. The molecule has 6 heteroatoms. The standard InChI is InChI=1S/C23H27ClN2O3/c24-18-3-5-19(6-4-18)28-15-1-12-26-13-10-20(11-14-26)29-21-7-8-22-17(16-21)2-9-23(27)25-22/h3-8,16,20H,1-2,9-15H2,(H,25,27). The number of nitrogens with one attached hydrogen (secondary N) is 1. The summed E-state index contributed by atoms with van der Waals surface area (Å²) in [5.74, 6) is 1.87. The number of hydrogen-bond acceptors (Lipinski definition) is 4. The van der Waals surface area contributed by atoms with Crippen LogP contribution in [-0.2, 0) is 11.2 Å². The van der Waals surface area contributed by atoms with E-state index in [1.165, 1.54) is 5.56 Å². The molecule has 2 heterocycles. The highest BCUT2D eigenvalue weighted by Crippen LogP contribution is 2.28. The number of nitrogens with zero attached hydrogens (tertiary/aromatic N) is 1. The van der Waals surface area contributed by atoms with Crippen molar-refractivity contribution >= 4 is 23.2 Å². The van der Waals surface area contributed by atoms with Gasteiger partial charge in [0.2, 0.25) is 5.91 Å². The number of ether oxygens (including phenoxy) is 2. The number of anilines is 1. The Balaban J connectivity index is 1.16. The molecule has 0 radical (unpaired) electrons. The molecule has 4 rings (SSSR count).